The summed E-state index contributed by atoms with van der Waals surface area (Å²) in [5, 5.41) is 11.8. The first-order chi connectivity index (χ1) is 17.9. The predicted octanol–water partition coefficient (Wildman–Crippen LogP) is 4.47. The second kappa shape index (κ2) is 10.3. The van der Waals surface area contributed by atoms with Crippen LogP contribution in [0.3, 0.4) is 0 Å². The maximum absolute atomic E-state index is 13.2. The van der Waals surface area contributed by atoms with Crippen molar-refractivity contribution >= 4 is 29.3 Å². The molecule has 0 spiro atoms. The Morgan fingerprint density at radius 2 is 1.95 bits per heavy atom. The van der Waals surface area contributed by atoms with E-state index in [0.717, 1.165) is 11.5 Å². The largest absolute Gasteiger partial charge is 0.491 e. The van der Waals surface area contributed by atoms with Crippen LogP contribution in [0.5, 0.6) is 5.75 Å². The molecule has 5 rings (SSSR count). The summed E-state index contributed by atoms with van der Waals surface area (Å²) in [6, 6.07) is 21.4. The number of fused-ring (bicyclic) bond motifs is 1. The minimum Gasteiger partial charge on any atom is -0.491 e. The topological polar surface area (TPSA) is 96.1 Å². The third-order valence-electron chi connectivity index (χ3n) is 6.18. The number of carbonyl (C=O) groups is 1. The molecule has 3 heterocycles. The van der Waals surface area contributed by atoms with Crippen molar-refractivity contribution in [1.29, 1.82) is 0 Å². The van der Waals surface area contributed by atoms with E-state index in [1.807, 2.05) is 69.6 Å². The van der Waals surface area contributed by atoms with E-state index in [2.05, 4.69) is 44.9 Å². The molecule has 9 nitrogen and oxygen atoms in total. The molecule has 190 valence electrons. The Morgan fingerprint density at radius 3 is 2.68 bits per heavy atom. The molecule has 4 aromatic rings. The van der Waals surface area contributed by atoms with E-state index < -0.39 is 0 Å². The minimum atomic E-state index is -0.316. The molecule has 0 saturated carbocycles. The first kappa shape index (κ1) is 24.3. The zero-order valence-corrected chi connectivity index (χ0v) is 21.4. The molecule has 0 radical (unpaired) electrons. The van der Waals surface area contributed by atoms with E-state index in [4.69, 9.17) is 9.72 Å². The number of amides is 1. The SMILES string of the molecule is CC(C)Oc1cccc(NC(=O)c2cc3nc(N(C)Cc4ccccc4)cc(C4C=NNC4C)n3n2)c1. The number of aromatic nitrogens is 3. The van der Waals surface area contributed by atoms with E-state index in [1.54, 1.807) is 16.6 Å². The lowest BCUT2D eigenvalue weighted by Crippen LogP contribution is -2.25. The van der Waals surface area contributed by atoms with Gasteiger partial charge in [0.25, 0.3) is 5.91 Å². The van der Waals surface area contributed by atoms with Crippen LogP contribution >= 0.6 is 0 Å². The smallest absolute Gasteiger partial charge is 0.276 e. The molecular weight excluding hydrogens is 466 g/mol. The number of nitrogens with zero attached hydrogens (tertiary/aromatic N) is 5. The third-order valence-corrected chi connectivity index (χ3v) is 6.18. The molecule has 0 saturated heterocycles. The van der Waals surface area contributed by atoms with E-state index in [1.165, 1.54) is 5.56 Å². The summed E-state index contributed by atoms with van der Waals surface area (Å²) in [7, 11) is 2.01. The summed E-state index contributed by atoms with van der Waals surface area (Å²) in [5.41, 5.74) is 6.71. The molecule has 9 heteroatoms. The van der Waals surface area contributed by atoms with Crippen molar-refractivity contribution in [2.24, 2.45) is 5.10 Å². The summed E-state index contributed by atoms with van der Waals surface area (Å²) in [6.45, 7) is 6.69. The highest BCUT2D eigenvalue weighted by Crippen LogP contribution is 2.27. The lowest BCUT2D eigenvalue weighted by molar-refractivity contribution is 0.102. The quantitative estimate of drug-likeness (QED) is 0.373. The van der Waals surface area contributed by atoms with Crippen molar-refractivity contribution in [2.45, 2.75) is 45.4 Å². The minimum absolute atomic E-state index is 0.0185. The number of ether oxygens (including phenoxy) is 1. The average Bonchev–Trinajstić information content (AvgIpc) is 3.50. The van der Waals surface area contributed by atoms with Gasteiger partial charge >= 0.3 is 0 Å². The molecule has 2 aromatic carbocycles. The highest BCUT2D eigenvalue weighted by Gasteiger charge is 2.27. The van der Waals surface area contributed by atoms with Crippen LogP contribution in [0.2, 0.25) is 0 Å². The number of benzene rings is 2. The fourth-order valence-corrected chi connectivity index (χ4v) is 4.36. The Bertz CT molecular complexity index is 1430. The normalized spacial score (nSPS) is 16.7. The van der Waals surface area contributed by atoms with Crippen molar-refractivity contribution < 1.29 is 9.53 Å². The zero-order chi connectivity index (χ0) is 25.9. The Balaban J connectivity index is 1.47. The predicted molar refractivity (Wildman–Crippen MR) is 146 cm³/mol. The Labute approximate surface area is 216 Å². The molecule has 1 aliphatic rings. The van der Waals surface area contributed by atoms with Gasteiger partial charge in [-0.3, -0.25) is 4.79 Å². The average molecular weight is 498 g/mol. The number of nitrogens with one attached hydrogen (secondary N) is 2. The number of carbonyl (C=O) groups excluding carboxylic acids is 1. The molecular formula is C28H31N7O2. The molecule has 2 aromatic heterocycles. The van der Waals surface area contributed by atoms with Crippen LogP contribution in [0, 0.1) is 0 Å². The summed E-state index contributed by atoms with van der Waals surface area (Å²) in [4.78, 5) is 20.1. The molecule has 2 atom stereocenters. The van der Waals surface area contributed by atoms with Gasteiger partial charge < -0.3 is 20.4 Å². The van der Waals surface area contributed by atoms with Crippen LogP contribution < -0.4 is 20.4 Å². The maximum Gasteiger partial charge on any atom is 0.276 e. The Hall–Kier alpha value is -4.40. The fourth-order valence-electron chi connectivity index (χ4n) is 4.36. The van der Waals surface area contributed by atoms with Gasteiger partial charge in [-0.1, -0.05) is 36.4 Å². The van der Waals surface area contributed by atoms with Crippen LogP contribution in [0.15, 0.2) is 71.8 Å². The monoisotopic (exact) mass is 497 g/mol. The number of rotatable bonds is 8. The first-order valence-electron chi connectivity index (χ1n) is 12.4. The van der Waals surface area contributed by atoms with Gasteiger partial charge in [0.2, 0.25) is 0 Å². The Morgan fingerprint density at radius 1 is 1.14 bits per heavy atom. The second-order valence-electron chi connectivity index (χ2n) is 9.55. The Kier molecular flexibility index (Phi) is 6.76. The lowest BCUT2D eigenvalue weighted by atomic mass is 10.00. The van der Waals surface area contributed by atoms with Gasteiger partial charge in [0.15, 0.2) is 11.3 Å². The molecule has 1 amide bonds. The van der Waals surface area contributed by atoms with Crippen molar-refractivity contribution in [3.8, 4) is 5.75 Å². The number of hydrogen-bond donors (Lipinski definition) is 2. The van der Waals surface area contributed by atoms with E-state index in [9.17, 15) is 4.79 Å². The van der Waals surface area contributed by atoms with Gasteiger partial charge in [0.1, 0.15) is 11.6 Å². The van der Waals surface area contributed by atoms with Crippen LogP contribution in [0.4, 0.5) is 11.5 Å². The first-order valence-corrected chi connectivity index (χ1v) is 12.4. The van der Waals surface area contributed by atoms with Crippen molar-refractivity contribution in [2.75, 3.05) is 17.3 Å². The molecule has 2 unspecified atom stereocenters. The van der Waals surface area contributed by atoms with Gasteiger partial charge in [0.05, 0.1) is 23.8 Å². The number of hydrogen-bond acceptors (Lipinski definition) is 7. The van der Waals surface area contributed by atoms with E-state index in [-0.39, 0.29) is 29.7 Å². The molecule has 0 aliphatic carbocycles. The number of hydrazone groups is 1. The summed E-state index contributed by atoms with van der Waals surface area (Å²) in [5.74, 6) is 1.16. The van der Waals surface area contributed by atoms with Crippen LogP contribution in [0.1, 0.15) is 48.4 Å². The lowest BCUT2D eigenvalue weighted by Gasteiger charge is -2.21. The maximum atomic E-state index is 13.2. The fraction of sp³-hybridized carbons (Fsp3) is 0.286. The molecule has 1 aliphatic heterocycles. The van der Waals surface area contributed by atoms with Gasteiger partial charge in [-0.05, 0) is 38.5 Å². The van der Waals surface area contributed by atoms with Crippen molar-refractivity contribution in [3.63, 3.8) is 0 Å². The second-order valence-corrected chi connectivity index (χ2v) is 9.55. The number of anilines is 2. The van der Waals surface area contributed by atoms with Crippen molar-refractivity contribution in [3.05, 3.63) is 83.7 Å². The van der Waals surface area contributed by atoms with E-state index >= 15 is 0 Å². The van der Waals surface area contributed by atoms with Crippen molar-refractivity contribution in [1.82, 2.24) is 20.0 Å². The molecule has 0 bridgehead atoms. The summed E-state index contributed by atoms with van der Waals surface area (Å²) >= 11 is 0. The van der Waals surface area contributed by atoms with Gasteiger partial charge in [-0.25, -0.2) is 9.50 Å². The van der Waals surface area contributed by atoms with E-state index in [0.29, 0.717) is 23.6 Å². The standard InChI is InChI=1S/C28H31N7O2/c1-18(2)37-22-12-8-11-21(13-22)30-28(36)24-14-27-31-26(34(4)17-20-9-6-5-7-10-20)15-25(35(27)33-24)23-16-29-32-19(23)3/h5-16,18-19,23,32H,17H2,1-4H3,(H,30,36). The van der Waals surface area contributed by atoms with Gasteiger partial charge in [-0.2, -0.15) is 10.2 Å². The van der Waals surface area contributed by atoms with Crippen LogP contribution in [0.25, 0.3) is 5.65 Å². The summed E-state index contributed by atoms with van der Waals surface area (Å²) in [6.07, 6.45) is 1.92. The van der Waals surface area contributed by atoms with Gasteiger partial charge in [-0.15, -0.1) is 0 Å². The molecule has 2 N–H and O–H groups in total. The van der Waals surface area contributed by atoms with Crippen LogP contribution in [-0.4, -0.2) is 45.9 Å². The highest BCUT2D eigenvalue weighted by molar-refractivity contribution is 6.03. The van der Waals surface area contributed by atoms with Crippen LogP contribution in [-0.2, 0) is 6.54 Å². The zero-order valence-electron chi connectivity index (χ0n) is 21.4. The molecule has 0 fully saturated rings. The summed E-state index contributed by atoms with van der Waals surface area (Å²) < 4.78 is 7.49. The van der Waals surface area contributed by atoms with Gasteiger partial charge in [0, 0.05) is 43.7 Å². The highest BCUT2D eigenvalue weighted by atomic mass is 16.5. The third kappa shape index (κ3) is 5.40. The molecule has 37 heavy (non-hydrogen) atoms.